The highest BCUT2D eigenvalue weighted by Crippen LogP contribution is 2.35. The summed E-state index contributed by atoms with van der Waals surface area (Å²) in [5.41, 5.74) is 5.54. The van der Waals surface area contributed by atoms with E-state index in [-0.39, 0.29) is 11.1 Å². The number of amides is 3. The summed E-state index contributed by atoms with van der Waals surface area (Å²) in [6, 6.07) is 6.20. The molecule has 108 valence electrons. The van der Waals surface area contributed by atoms with Crippen LogP contribution in [-0.4, -0.2) is 28.8 Å². The van der Waals surface area contributed by atoms with E-state index in [2.05, 4.69) is 0 Å². The third kappa shape index (κ3) is 1.97. The van der Waals surface area contributed by atoms with Crippen LogP contribution in [0.1, 0.15) is 33.6 Å². The van der Waals surface area contributed by atoms with Crippen LogP contribution in [-0.2, 0) is 14.4 Å². The number of hydrogen-bond donors (Lipinski definition) is 1. The lowest BCUT2D eigenvalue weighted by atomic mass is 9.73. The first-order chi connectivity index (χ1) is 10.0. The number of carbonyl (C=O) groups is 4. The molecule has 3 amide bonds. The molecule has 0 saturated heterocycles. The molecule has 0 aromatic heterocycles. The van der Waals surface area contributed by atoms with Gasteiger partial charge in [-0.1, -0.05) is 17.2 Å². The van der Waals surface area contributed by atoms with Crippen LogP contribution in [0.3, 0.4) is 0 Å². The zero-order valence-corrected chi connectivity index (χ0v) is 10.9. The minimum Gasteiger partial charge on any atom is -0.369 e. The lowest BCUT2D eigenvalue weighted by Crippen LogP contribution is -2.45. The molecule has 1 heterocycles. The van der Waals surface area contributed by atoms with Gasteiger partial charge in [-0.15, -0.1) is 0 Å². The fourth-order valence-corrected chi connectivity index (χ4v) is 2.53. The summed E-state index contributed by atoms with van der Waals surface area (Å²) in [7, 11) is 0. The van der Waals surface area contributed by atoms with Crippen molar-refractivity contribution in [2.75, 3.05) is 0 Å². The van der Waals surface area contributed by atoms with E-state index in [1.165, 1.54) is 12.1 Å². The maximum Gasteiger partial charge on any atom is 0.337 e. The number of fused-ring (bicyclic) bond motifs is 1. The monoisotopic (exact) mass is 288 g/mol. The van der Waals surface area contributed by atoms with E-state index in [0.717, 1.165) is 0 Å². The van der Waals surface area contributed by atoms with Crippen molar-refractivity contribution < 1.29 is 24.0 Å². The van der Waals surface area contributed by atoms with Crippen LogP contribution in [0, 0.1) is 11.8 Å². The van der Waals surface area contributed by atoms with Gasteiger partial charge in [-0.3, -0.25) is 14.4 Å². The van der Waals surface area contributed by atoms with Crippen molar-refractivity contribution in [3.8, 4) is 0 Å². The van der Waals surface area contributed by atoms with Crippen molar-refractivity contribution in [3.63, 3.8) is 0 Å². The summed E-state index contributed by atoms with van der Waals surface area (Å²) in [5, 5.41) is 0.448. The Morgan fingerprint density at radius 2 is 1.57 bits per heavy atom. The number of nitrogens with zero attached hydrogens (tertiary/aromatic N) is 1. The number of nitrogens with two attached hydrogens (primary N) is 1. The van der Waals surface area contributed by atoms with Crippen molar-refractivity contribution in [1.29, 1.82) is 0 Å². The normalized spacial score (nSPS) is 23.5. The van der Waals surface area contributed by atoms with Gasteiger partial charge in [-0.2, -0.15) is 0 Å². The highest BCUT2D eigenvalue weighted by atomic mass is 16.7. The first-order valence-corrected chi connectivity index (χ1v) is 6.49. The van der Waals surface area contributed by atoms with Gasteiger partial charge >= 0.3 is 5.97 Å². The lowest BCUT2D eigenvalue weighted by molar-refractivity contribution is -0.180. The Balaban J connectivity index is 1.75. The molecule has 2 unspecified atom stereocenters. The summed E-state index contributed by atoms with van der Waals surface area (Å²) < 4.78 is 0. The minimum absolute atomic E-state index is 0.190. The summed E-state index contributed by atoms with van der Waals surface area (Å²) in [6.07, 6.45) is 0.965. The summed E-state index contributed by atoms with van der Waals surface area (Å²) in [6.45, 7) is 0. The zero-order valence-electron chi connectivity index (χ0n) is 10.9. The third-order valence-electron chi connectivity index (χ3n) is 3.88. The van der Waals surface area contributed by atoms with Crippen LogP contribution in [0.5, 0.6) is 0 Å². The number of hydroxylamine groups is 2. The van der Waals surface area contributed by atoms with Gasteiger partial charge in [-0.05, 0) is 25.0 Å². The number of primary amides is 1. The molecule has 1 aliphatic carbocycles. The molecule has 1 fully saturated rings. The molecule has 3 rings (SSSR count). The number of imide groups is 1. The topological polar surface area (TPSA) is 107 Å². The number of carbonyl (C=O) groups excluding carboxylic acids is 4. The van der Waals surface area contributed by atoms with E-state index in [1.807, 2.05) is 0 Å². The van der Waals surface area contributed by atoms with Gasteiger partial charge in [0, 0.05) is 0 Å². The van der Waals surface area contributed by atoms with Gasteiger partial charge in [0.25, 0.3) is 11.8 Å². The van der Waals surface area contributed by atoms with E-state index in [9.17, 15) is 19.2 Å². The SMILES string of the molecule is NC(=O)C1CCC1C(=O)ON1C(=O)c2ccccc2C1=O. The van der Waals surface area contributed by atoms with Gasteiger partial charge in [0.2, 0.25) is 5.91 Å². The lowest BCUT2D eigenvalue weighted by Gasteiger charge is -2.32. The zero-order chi connectivity index (χ0) is 15.1. The van der Waals surface area contributed by atoms with Gasteiger partial charge in [0.05, 0.1) is 23.0 Å². The molecule has 21 heavy (non-hydrogen) atoms. The average molecular weight is 288 g/mol. The van der Waals surface area contributed by atoms with Crippen molar-refractivity contribution in [3.05, 3.63) is 35.4 Å². The molecule has 0 bridgehead atoms. The molecule has 2 aliphatic rings. The van der Waals surface area contributed by atoms with E-state index in [1.54, 1.807) is 12.1 Å². The minimum atomic E-state index is -0.778. The van der Waals surface area contributed by atoms with E-state index >= 15 is 0 Å². The van der Waals surface area contributed by atoms with Gasteiger partial charge < -0.3 is 10.6 Å². The maximum absolute atomic E-state index is 12.0. The maximum atomic E-state index is 12.0. The van der Waals surface area contributed by atoms with Crippen molar-refractivity contribution in [1.82, 2.24) is 5.06 Å². The average Bonchev–Trinajstić information content (AvgIpc) is 2.63. The highest BCUT2D eigenvalue weighted by molar-refractivity contribution is 6.20. The van der Waals surface area contributed by atoms with Crippen molar-refractivity contribution in [2.45, 2.75) is 12.8 Å². The molecular weight excluding hydrogens is 276 g/mol. The number of hydrogen-bond acceptors (Lipinski definition) is 5. The molecule has 1 saturated carbocycles. The smallest absolute Gasteiger partial charge is 0.337 e. The van der Waals surface area contributed by atoms with Crippen LogP contribution >= 0.6 is 0 Å². The van der Waals surface area contributed by atoms with Crippen molar-refractivity contribution in [2.24, 2.45) is 17.6 Å². The highest BCUT2D eigenvalue weighted by Gasteiger charge is 2.45. The van der Waals surface area contributed by atoms with Crippen LogP contribution in [0.4, 0.5) is 0 Å². The fourth-order valence-electron chi connectivity index (χ4n) is 2.53. The molecule has 1 aromatic rings. The Bertz CT molecular complexity index is 634. The molecule has 7 heteroatoms. The number of benzene rings is 1. The third-order valence-corrected chi connectivity index (χ3v) is 3.88. The Labute approximate surface area is 119 Å². The summed E-state index contributed by atoms with van der Waals surface area (Å²) >= 11 is 0. The molecular formula is C14H12N2O5. The molecule has 0 radical (unpaired) electrons. The van der Waals surface area contributed by atoms with E-state index in [0.29, 0.717) is 17.9 Å². The second kappa shape index (κ2) is 4.69. The standard InChI is InChI=1S/C14H12N2O5/c15-11(17)7-5-6-10(7)14(20)21-16-12(18)8-3-1-2-4-9(8)13(16)19/h1-4,7,10H,5-6H2,(H2,15,17). The second-order valence-corrected chi connectivity index (χ2v) is 5.05. The Kier molecular flexibility index (Phi) is 2.97. The number of rotatable bonds is 3. The Morgan fingerprint density at radius 3 is 2.00 bits per heavy atom. The van der Waals surface area contributed by atoms with Gasteiger partial charge in [0.15, 0.2) is 0 Å². The molecule has 7 nitrogen and oxygen atoms in total. The second-order valence-electron chi connectivity index (χ2n) is 5.05. The molecule has 1 aliphatic heterocycles. The van der Waals surface area contributed by atoms with Crippen LogP contribution in [0.15, 0.2) is 24.3 Å². The first-order valence-electron chi connectivity index (χ1n) is 6.49. The Hall–Kier alpha value is -2.70. The Morgan fingerprint density at radius 1 is 1.05 bits per heavy atom. The van der Waals surface area contributed by atoms with E-state index < -0.39 is 35.5 Å². The first kappa shape index (κ1) is 13.3. The predicted octanol–water partition coefficient (Wildman–Crippen LogP) is 0.252. The molecule has 2 atom stereocenters. The quantitative estimate of drug-likeness (QED) is 0.802. The molecule has 1 aromatic carbocycles. The van der Waals surface area contributed by atoms with Gasteiger partial charge in [-0.25, -0.2) is 4.79 Å². The van der Waals surface area contributed by atoms with Crippen LogP contribution in [0.2, 0.25) is 0 Å². The summed E-state index contributed by atoms with van der Waals surface area (Å²) in [5.74, 6) is -4.00. The van der Waals surface area contributed by atoms with Crippen LogP contribution < -0.4 is 5.73 Å². The van der Waals surface area contributed by atoms with Crippen molar-refractivity contribution >= 4 is 23.7 Å². The molecule has 2 N–H and O–H groups in total. The fraction of sp³-hybridized carbons (Fsp3) is 0.286. The molecule has 0 spiro atoms. The van der Waals surface area contributed by atoms with Gasteiger partial charge in [0.1, 0.15) is 0 Å². The predicted molar refractivity (Wildman–Crippen MR) is 68.4 cm³/mol. The summed E-state index contributed by atoms with van der Waals surface area (Å²) in [4.78, 5) is 52.0. The van der Waals surface area contributed by atoms with Crippen LogP contribution in [0.25, 0.3) is 0 Å². The van der Waals surface area contributed by atoms with E-state index in [4.69, 9.17) is 10.6 Å². The largest absolute Gasteiger partial charge is 0.369 e.